The molecule has 2 amide bonds. The zero-order chi connectivity index (χ0) is 23.7. The van der Waals surface area contributed by atoms with Gasteiger partial charge in [0.25, 0.3) is 11.6 Å². The second kappa shape index (κ2) is 8.43. The normalized spacial score (nSPS) is 18.7. The summed E-state index contributed by atoms with van der Waals surface area (Å²) in [5, 5.41) is 14.9. The smallest absolute Gasteiger partial charge is 0.417 e. The molecule has 1 fully saturated rings. The summed E-state index contributed by atoms with van der Waals surface area (Å²) in [6.45, 7) is -0.0333. The summed E-state index contributed by atoms with van der Waals surface area (Å²) in [7, 11) is 0. The van der Waals surface area contributed by atoms with Crippen molar-refractivity contribution in [2.24, 2.45) is 5.16 Å². The fraction of sp³-hybridized carbons (Fsp3) is 0.160. The van der Waals surface area contributed by atoms with Crippen LogP contribution in [0.2, 0.25) is 0 Å². The Morgan fingerprint density at radius 2 is 1.56 bits per heavy atom. The van der Waals surface area contributed by atoms with E-state index >= 15 is 0 Å². The van der Waals surface area contributed by atoms with Crippen molar-refractivity contribution >= 4 is 23.4 Å². The molecule has 1 unspecified atom stereocenters. The predicted octanol–water partition coefficient (Wildman–Crippen LogP) is 4.01. The summed E-state index contributed by atoms with van der Waals surface area (Å²) in [5.41, 5.74) is 1.32. The molecule has 0 radical (unpaired) electrons. The molecule has 170 valence electrons. The third-order valence-electron chi connectivity index (χ3n) is 6.05. The van der Waals surface area contributed by atoms with E-state index in [0.29, 0.717) is 11.3 Å². The van der Waals surface area contributed by atoms with E-state index < -0.39 is 28.6 Å². The number of oxime groups is 1. The zero-order valence-electron chi connectivity index (χ0n) is 17.9. The van der Waals surface area contributed by atoms with Crippen LogP contribution in [0.3, 0.4) is 0 Å². The highest BCUT2D eigenvalue weighted by Gasteiger charge is 2.55. The molecule has 1 atom stereocenters. The van der Waals surface area contributed by atoms with Crippen molar-refractivity contribution in [3.63, 3.8) is 0 Å². The molecule has 0 saturated carbocycles. The number of carbonyl (C=O) groups is 2. The molecule has 5 rings (SSSR count). The first-order chi connectivity index (χ1) is 16.5. The number of hydrogen-bond donors (Lipinski definition) is 0. The van der Waals surface area contributed by atoms with E-state index in [1.54, 1.807) is 12.1 Å². The summed E-state index contributed by atoms with van der Waals surface area (Å²) >= 11 is 0. The first-order valence-corrected chi connectivity index (χ1v) is 10.6. The first-order valence-electron chi connectivity index (χ1n) is 10.6. The fourth-order valence-electron chi connectivity index (χ4n) is 4.35. The number of rotatable bonds is 5. The molecule has 2 aliphatic rings. The average molecular weight is 457 g/mol. The van der Waals surface area contributed by atoms with Gasteiger partial charge >= 0.3 is 6.09 Å². The second-order valence-corrected chi connectivity index (χ2v) is 7.96. The van der Waals surface area contributed by atoms with E-state index in [1.165, 1.54) is 12.1 Å². The molecule has 9 heteroatoms. The van der Waals surface area contributed by atoms with E-state index in [4.69, 9.17) is 9.57 Å². The maximum absolute atomic E-state index is 13.7. The van der Waals surface area contributed by atoms with Crippen LogP contribution in [0.5, 0.6) is 0 Å². The van der Waals surface area contributed by atoms with Crippen LogP contribution in [-0.4, -0.2) is 40.2 Å². The topological polar surface area (TPSA) is 111 Å². The molecule has 0 N–H and O–H groups in total. The Balaban J connectivity index is 1.46. The van der Waals surface area contributed by atoms with Crippen LogP contribution in [0.25, 0.3) is 0 Å². The van der Waals surface area contributed by atoms with Gasteiger partial charge in [0.1, 0.15) is 12.1 Å². The van der Waals surface area contributed by atoms with Gasteiger partial charge in [0, 0.05) is 18.6 Å². The van der Waals surface area contributed by atoms with Crippen LogP contribution in [0.1, 0.15) is 23.1 Å². The zero-order valence-corrected chi connectivity index (χ0v) is 17.9. The van der Waals surface area contributed by atoms with E-state index in [0.717, 1.165) is 16.0 Å². The Hall–Kier alpha value is -4.53. The van der Waals surface area contributed by atoms with Crippen molar-refractivity contribution < 1.29 is 24.1 Å². The van der Waals surface area contributed by atoms with E-state index in [9.17, 15) is 19.7 Å². The number of nitrogens with zero attached hydrogens (tertiary/aromatic N) is 3. The standard InChI is InChI=1S/C25H19N3O6/c29-23(22-15-21(26-34-22)17-11-13-20(14-12-17)28(31)32)27-24(30)33-16-25(27,18-7-3-1-4-8-18)19-9-5-2-6-10-19/h1-14,22H,15-16H2. The molecule has 34 heavy (non-hydrogen) atoms. The molecule has 9 nitrogen and oxygen atoms in total. The lowest BCUT2D eigenvalue weighted by Crippen LogP contribution is -2.52. The molecule has 3 aromatic carbocycles. The van der Waals surface area contributed by atoms with Gasteiger partial charge in [-0.05, 0) is 28.8 Å². The number of ether oxygens (including phenoxy) is 1. The molecule has 0 aromatic heterocycles. The Bertz CT molecular complexity index is 1240. The molecule has 0 spiro atoms. The Labute approximate surface area is 194 Å². The van der Waals surface area contributed by atoms with Crippen molar-refractivity contribution in [2.45, 2.75) is 18.1 Å². The van der Waals surface area contributed by atoms with Crippen molar-refractivity contribution in [3.05, 3.63) is 112 Å². The first kappa shape index (κ1) is 21.3. The van der Waals surface area contributed by atoms with Crippen LogP contribution >= 0.6 is 0 Å². The van der Waals surface area contributed by atoms with Gasteiger partial charge in [0.15, 0.2) is 0 Å². The minimum absolute atomic E-state index is 0.0333. The SMILES string of the molecule is O=C1OCC(c2ccccc2)(c2ccccc2)N1C(=O)C1CC(c2ccc([N+](=O)[O-])cc2)=NO1. The number of cyclic esters (lactones) is 1. The van der Waals surface area contributed by atoms with Gasteiger partial charge in [0.2, 0.25) is 6.10 Å². The molecule has 2 heterocycles. The van der Waals surface area contributed by atoms with Gasteiger partial charge in [-0.15, -0.1) is 0 Å². The molecule has 0 aliphatic carbocycles. The van der Waals surface area contributed by atoms with Crippen LogP contribution in [0.15, 0.2) is 90.1 Å². The minimum atomic E-state index is -1.16. The van der Waals surface area contributed by atoms with Gasteiger partial charge in [-0.3, -0.25) is 14.9 Å². The van der Waals surface area contributed by atoms with Gasteiger partial charge in [-0.2, -0.15) is 0 Å². The molecular weight excluding hydrogens is 438 g/mol. The number of carbonyl (C=O) groups excluding carboxylic acids is 2. The average Bonchev–Trinajstić information content (AvgIpc) is 3.51. The summed E-state index contributed by atoms with van der Waals surface area (Å²) in [4.78, 5) is 43.6. The van der Waals surface area contributed by atoms with Crippen LogP contribution in [0, 0.1) is 10.1 Å². The molecular formula is C25H19N3O6. The molecule has 0 bridgehead atoms. The van der Waals surface area contributed by atoms with E-state index in [-0.39, 0.29) is 18.7 Å². The summed E-state index contributed by atoms with van der Waals surface area (Å²) in [6, 6.07) is 24.3. The Morgan fingerprint density at radius 3 is 2.12 bits per heavy atom. The van der Waals surface area contributed by atoms with Crippen LogP contribution < -0.4 is 0 Å². The molecule has 2 aliphatic heterocycles. The van der Waals surface area contributed by atoms with E-state index in [1.807, 2.05) is 60.7 Å². The van der Waals surface area contributed by atoms with Crippen molar-refractivity contribution in [1.29, 1.82) is 0 Å². The minimum Gasteiger partial charge on any atom is -0.446 e. The number of amides is 2. The van der Waals surface area contributed by atoms with Gasteiger partial charge in [0.05, 0.1) is 10.6 Å². The number of hydrogen-bond acceptors (Lipinski definition) is 7. The van der Waals surface area contributed by atoms with Crippen molar-refractivity contribution in [1.82, 2.24) is 4.90 Å². The highest BCUT2D eigenvalue weighted by molar-refractivity contribution is 6.06. The number of benzene rings is 3. The monoisotopic (exact) mass is 457 g/mol. The van der Waals surface area contributed by atoms with Crippen molar-refractivity contribution in [3.8, 4) is 0 Å². The lowest BCUT2D eigenvalue weighted by atomic mass is 9.82. The van der Waals surface area contributed by atoms with Crippen LogP contribution in [0.4, 0.5) is 10.5 Å². The second-order valence-electron chi connectivity index (χ2n) is 7.96. The summed E-state index contributed by atoms with van der Waals surface area (Å²) in [6.07, 6.45) is -1.69. The summed E-state index contributed by atoms with van der Waals surface area (Å²) in [5.74, 6) is -0.573. The van der Waals surface area contributed by atoms with Crippen LogP contribution in [-0.2, 0) is 19.9 Å². The van der Waals surface area contributed by atoms with E-state index in [2.05, 4.69) is 5.16 Å². The Kier molecular flexibility index (Phi) is 5.29. The fourth-order valence-corrected chi connectivity index (χ4v) is 4.35. The highest BCUT2D eigenvalue weighted by atomic mass is 16.6. The third-order valence-corrected chi connectivity index (χ3v) is 6.05. The highest BCUT2D eigenvalue weighted by Crippen LogP contribution is 2.42. The molecule has 1 saturated heterocycles. The Morgan fingerprint density at radius 1 is 0.971 bits per heavy atom. The van der Waals surface area contributed by atoms with Gasteiger partial charge in [-0.25, -0.2) is 9.69 Å². The van der Waals surface area contributed by atoms with Gasteiger partial charge in [-0.1, -0.05) is 65.8 Å². The lowest BCUT2D eigenvalue weighted by molar-refractivity contribution is -0.384. The number of imide groups is 1. The predicted molar refractivity (Wildman–Crippen MR) is 121 cm³/mol. The summed E-state index contributed by atoms with van der Waals surface area (Å²) < 4.78 is 5.43. The number of non-ortho nitro benzene ring substituents is 1. The lowest BCUT2D eigenvalue weighted by Gasteiger charge is -2.35. The molecule has 3 aromatic rings. The van der Waals surface area contributed by atoms with Crippen molar-refractivity contribution in [2.75, 3.05) is 6.61 Å². The third kappa shape index (κ3) is 3.47. The number of nitro benzene ring substituents is 1. The maximum Gasteiger partial charge on any atom is 0.417 e. The quantitative estimate of drug-likeness (QED) is 0.423. The maximum atomic E-state index is 13.7. The largest absolute Gasteiger partial charge is 0.446 e. The van der Waals surface area contributed by atoms with Gasteiger partial charge < -0.3 is 9.57 Å². The number of nitro groups is 1.